The monoisotopic (exact) mass is 1100 g/mol. The molecule has 0 bridgehead atoms. The van der Waals surface area contributed by atoms with Crippen LogP contribution in [0.4, 0.5) is 4.79 Å². The third-order valence-corrected chi connectivity index (χ3v) is 12.6. The van der Waals surface area contributed by atoms with Gasteiger partial charge in [-0.15, -0.1) is 4.33 Å². The molecule has 0 aliphatic carbocycles. The Morgan fingerprint density at radius 2 is 1.50 bits per heavy atom. The number of hydrogen-bond acceptors (Lipinski definition) is 20. The fourth-order valence-corrected chi connectivity index (χ4v) is 8.84. The first-order chi connectivity index (χ1) is 35.4. The number of amides is 7. The van der Waals surface area contributed by atoms with Gasteiger partial charge in [-0.1, -0.05) is 43.3 Å². The summed E-state index contributed by atoms with van der Waals surface area (Å²) in [6, 6.07) is 1.84. The van der Waals surface area contributed by atoms with E-state index >= 15 is 0 Å². The number of aliphatic hydroxyl groups excluding tert-OH is 6. The number of β-amino-alcohol motifs (C(OH)–C–C–N with tert-alkyl or cyclic N) is 1. The maximum Gasteiger partial charge on any atom is 1.00 e. The zero-order chi connectivity index (χ0) is 55.3. The van der Waals surface area contributed by atoms with Crippen molar-refractivity contribution in [1.82, 2.24) is 36.4 Å². The molecule has 27 nitrogen and oxygen atoms in total. The fraction of sp³-hybridized carbons (Fsp3) is 0.574. The minimum absolute atomic E-state index is 0. The maximum atomic E-state index is 14.6. The SMILES string of the molecule is [C-]#[N+]C[C@@H](O)[C@@H]1NC(=O)[C@H]([C@H](O)Cc2ccc(OCc3ccccc3)c(OSOO[O-])c2)NC(=O)[C@@H]2C[C@@H](O)CN2C(=O)[C@H]([C@@H](C)O)NC(=O)[C@@H](NC(=O)OC(C)(C)C)C[C@@H](O)CNC(=O)[C@@H]2[C@@H](O)[C@@H](C)CN2C1=O.[Na+]. The van der Waals surface area contributed by atoms with E-state index in [9.17, 15) is 69.5 Å². The van der Waals surface area contributed by atoms with Gasteiger partial charge < -0.3 is 90.8 Å². The molecule has 5 rings (SSSR count). The summed E-state index contributed by atoms with van der Waals surface area (Å²) in [4.78, 5) is 104. The summed E-state index contributed by atoms with van der Waals surface area (Å²) in [6.45, 7) is 12.3. The molecule has 412 valence electrons. The molecular weight excluding hydrogens is 1040 g/mol. The second-order valence-corrected chi connectivity index (χ2v) is 19.8. The third-order valence-electron chi connectivity index (χ3n) is 12.3. The Balaban J connectivity index is 0.0000125. The van der Waals surface area contributed by atoms with E-state index in [4.69, 9.17) is 20.2 Å². The molecule has 7 amide bonds. The molecule has 3 aliphatic heterocycles. The van der Waals surface area contributed by atoms with E-state index in [0.717, 1.165) is 22.3 Å². The Labute approximate surface area is 463 Å². The largest absolute Gasteiger partial charge is 1.00 e. The minimum Gasteiger partial charge on any atom is -0.691 e. The molecule has 11 N–H and O–H groups in total. The van der Waals surface area contributed by atoms with Gasteiger partial charge in [0.15, 0.2) is 17.6 Å². The number of benzene rings is 2. The minimum atomic E-state index is -2.13. The van der Waals surface area contributed by atoms with Crippen LogP contribution in [0.1, 0.15) is 58.6 Å². The first kappa shape index (κ1) is 63.1. The number of fused-ring (bicyclic) bond motifs is 2. The van der Waals surface area contributed by atoms with Gasteiger partial charge in [0.2, 0.25) is 42.0 Å². The Kier molecular flexibility index (Phi) is 24.0. The van der Waals surface area contributed by atoms with E-state index in [2.05, 4.69) is 40.8 Å². The summed E-state index contributed by atoms with van der Waals surface area (Å²) < 4.78 is 20.9. The van der Waals surface area contributed by atoms with Gasteiger partial charge >= 0.3 is 35.7 Å². The van der Waals surface area contributed by atoms with Crippen LogP contribution in [0.2, 0.25) is 0 Å². The van der Waals surface area contributed by atoms with E-state index in [-0.39, 0.29) is 72.1 Å². The Hall–Kier alpha value is -5.39. The van der Waals surface area contributed by atoms with E-state index in [0.29, 0.717) is 0 Å². The van der Waals surface area contributed by atoms with E-state index in [1.165, 1.54) is 45.9 Å². The summed E-state index contributed by atoms with van der Waals surface area (Å²) in [5.74, 6) is -7.88. The number of carbonyl (C=O) groups is 7. The van der Waals surface area contributed by atoms with Gasteiger partial charge in [-0.2, -0.15) is 0 Å². The molecule has 0 unspecified atom stereocenters. The number of nitrogens with zero attached hydrogens (tertiary/aromatic N) is 3. The first-order valence-corrected chi connectivity index (χ1v) is 24.4. The Morgan fingerprint density at radius 1 is 0.842 bits per heavy atom. The normalized spacial score (nSPS) is 27.3. The number of ether oxygens (including phenoxy) is 2. The molecule has 3 saturated heterocycles. The Morgan fingerprint density at radius 3 is 2.14 bits per heavy atom. The average molecular weight is 1100 g/mol. The molecule has 0 spiro atoms. The van der Waals surface area contributed by atoms with Crippen LogP contribution in [-0.4, -0.2) is 187 Å². The van der Waals surface area contributed by atoms with E-state index in [1.807, 2.05) is 0 Å². The molecule has 0 radical (unpaired) electrons. The molecule has 0 saturated carbocycles. The van der Waals surface area contributed by atoms with Crippen molar-refractivity contribution in [3.8, 4) is 11.5 Å². The van der Waals surface area contributed by atoms with Gasteiger partial charge in [-0.05, 0) is 51.0 Å². The van der Waals surface area contributed by atoms with Crippen LogP contribution in [-0.2, 0) is 55.9 Å². The van der Waals surface area contributed by atoms with Gasteiger partial charge in [0.05, 0.1) is 30.5 Å². The predicted octanol–water partition coefficient (Wildman–Crippen LogP) is -6.60. The third kappa shape index (κ3) is 17.3. The molecular formula is C47H63N8NaO19S. The molecule has 0 aromatic heterocycles. The van der Waals surface area contributed by atoms with Crippen molar-refractivity contribution in [2.45, 2.75) is 139 Å². The van der Waals surface area contributed by atoms with E-state index < -0.39 is 165 Å². The van der Waals surface area contributed by atoms with Crippen molar-refractivity contribution < 1.29 is 122 Å². The van der Waals surface area contributed by atoms with Crippen molar-refractivity contribution >= 4 is 53.9 Å². The van der Waals surface area contributed by atoms with Crippen molar-refractivity contribution in [2.75, 3.05) is 26.2 Å². The molecule has 76 heavy (non-hydrogen) atoms. The Bertz CT molecular complexity index is 2380. The van der Waals surface area contributed by atoms with Gasteiger partial charge in [-0.3, -0.25) is 33.8 Å². The topological polar surface area (TPSA) is 381 Å². The van der Waals surface area contributed by atoms with Crippen molar-refractivity contribution in [1.29, 1.82) is 0 Å². The average Bonchev–Trinajstić information content (AvgIpc) is 3.89. The standard InChI is InChI=1S/C47H64N8O19S.Na/c1-23-20-55-38(39(23)61)43(65)49-18-27(57)16-29(50-46(68)71-47(3,4)5)40(62)51-35(24(2)56)44(66)54-21-28(58)17-30(54)41(63)52-36(42(64)53-37(45(55)67)32(60)19-48-6)31(59)14-26-12-13-33(34(15-26)72-75-74-73-69)70-22-25-10-8-7-9-11-25;/h7-13,15,23-24,27-32,35-39,56-61,69H,14,16-22H2,1-5H3,(H,49,65)(H,50,68)(H,51,62)(H,52,63)(H,53,64);/q;+1/p-1/t23-,24+,27+,28+,29-,30-,31+,32+,35-,36-,37-,38-,39-;/m0./s1. The summed E-state index contributed by atoms with van der Waals surface area (Å²) in [6.07, 6.45) is -13.2. The fourth-order valence-electron chi connectivity index (χ4n) is 8.59. The summed E-state index contributed by atoms with van der Waals surface area (Å²) in [5, 5.41) is 93.1. The van der Waals surface area contributed by atoms with Gasteiger partial charge in [0, 0.05) is 44.8 Å². The number of nitrogens with one attached hydrogen (secondary N) is 5. The number of alkyl carbamates (subject to hydrolysis) is 1. The van der Waals surface area contributed by atoms with Crippen LogP contribution in [0.5, 0.6) is 11.5 Å². The maximum absolute atomic E-state index is 14.6. The van der Waals surface area contributed by atoms with Gasteiger partial charge in [0.25, 0.3) is 12.3 Å². The van der Waals surface area contributed by atoms with Crippen LogP contribution >= 0.6 is 12.3 Å². The molecule has 2 aromatic rings. The zero-order valence-corrected chi connectivity index (χ0v) is 45.3. The van der Waals surface area contributed by atoms with Crippen molar-refractivity contribution in [3.63, 3.8) is 0 Å². The second kappa shape index (κ2) is 28.8. The number of rotatable bonds is 14. The van der Waals surface area contributed by atoms with Crippen LogP contribution < -0.4 is 70.3 Å². The predicted molar refractivity (Wildman–Crippen MR) is 256 cm³/mol. The van der Waals surface area contributed by atoms with Crippen LogP contribution in [0.15, 0.2) is 48.5 Å². The number of carbonyl (C=O) groups excluding carboxylic acids is 7. The molecule has 13 atom stereocenters. The zero-order valence-electron chi connectivity index (χ0n) is 42.5. The first-order valence-electron chi connectivity index (χ1n) is 23.7. The van der Waals surface area contributed by atoms with Gasteiger partial charge in [-0.25, -0.2) is 11.4 Å². The number of aliphatic hydroxyl groups is 6. The molecule has 29 heteroatoms. The second-order valence-electron chi connectivity index (χ2n) is 19.4. The summed E-state index contributed by atoms with van der Waals surface area (Å²) >= 11 is 0.108. The molecule has 3 aliphatic rings. The quantitative estimate of drug-likeness (QED) is 0.0209. The van der Waals surface area contributed by atoms with Crippen LogP contribution in [0.3, 0.4) is 0 Å². The molecule has 2 aromatic carbocycles. The molecule has 3 fully saturated rings. The van der Waals surface area contributed by atoms with Crippen molar-refractivity contribution in [3.05, 3.63) is 71.1 Å². The smallest absolute Gasteiger partial charge is 0.691 e. The van der Waals surface area contributed by atoms with Gasteiger partial charge in [0.1, 0.15) is 48.5 Å². The number of hydrogen-bond donors (Lipinski definition) is 11. The van der Waals surface area contributed by atoms with Crippen LogP contribution in [0, 0.1) is 12.5 Å². The molecule has 3 heterocycles. The van der Waals surface area contributed by atoms with Crippen LogP contribution in [0.25, 0.3) is 4.85 Å². The van der Waals surface area contributed by atoms with E-state index in [1.54, 1.807) is 30.3 Å². The van der Waals surface area contributed by atoms with Crippen molar-refractivity contribution in [2.24, 2.45) is 5.92 Å². The summed E-state index contributed by atoms with van der Waals surface area (Å²) in [5.41, 5.74) is -0.141. The summed E-state index contributed by atoms with van der Waals surface area (Å²) in [7, 11) is 0.